The highest BCUT2D eigenvalue weighted by Crippen LogP contribution is 2.33. The Hall–Kier alpha value is -0.850. The zero-order valence-corrected chi connectivity index (χ0v) is 15.7. The summed E-state index contributed by atoms with van der Waals surface area (Å²) in [4.78, 5) is 0. The third kappa shape index (κ3) is 3.67. The number of nitrogens with zero attached hydrogens (tertiary/aromatic N) is 2. The van der Waals surface area contributed by atoms with Crippen LogP contribution in [0.5, 0.6) is 5.75 Å². The van der Waals surface area contributed by atoms with Crippen LogP contribution < -0.4 is 10.1 Å². The van der Waals surface area contributed by atoms with Crippen molar-refractivity contribution >= 4 is 31.9 Å². The Bertz CT molecular complexity index is 640. The molecule has 1 aromatic carbocycles. The minimum atomic E-state index is 0.223. The molecule has 0 saturated heterocycles. The Morgan fingerprint density at radius 2 is 2.10 bits per heavy atom. The highest BCUT2D eigenvalue weighted by molar-refractivity contribution is 9.11. The maximum Gasteiger partial charge on any atom is 0.137 e. The molecule has 0 amide bonds. The number of nitrogens with one attached hydrogen (secondary N) is 1. The molecule has 2 rings (SSSR count). The molecule has 21 heavy (non-hydrogen) atoms. The summed E-state index contributed by atoms with van der Waals surface area (Å²) in [6.45, 7) is 4.94. The maximum atomic E-state index is 5.47. The fraction of sp³-hybridized carbons (Fsp3) is 0.400. The SMILES string of the molecule is COc1c(Br)cc(Br)cc1CN[C@@H](C)c1cnn(C)c1C. The number of halogens is 2. The summed E-state index contributed by atoms with van der Waals surface area (Å²) in [5.74, 6) is 0.862. The van der Waals surface area contributed by atoms with Crippen molar-refractivity contribution in [1.29, 1.82) is 0 Å². The van der Waals surface area contributed by atoms with Crippen LogP contribution in [-0.4, -0.2) is 16.9 Å². The van der Waals surface area contributed by atoms with E-state index in [-0.39, 0.29) is 6.04 Å². The molecular formula is C15H19Br2N3O. The molecule has 1 atom stereocenters. The lowest BCUT2D eigenvalue weighted by Crippen LogP contribution is -2.19. The zero-order chi connectivity index (χ0) is 15.6. The second-order valence-corrected chi connectivity index (χ2v) is 6.76. The molecule has 0 radical (unpaired) electrons. The topological polar surface area (TPSA) is 39.1 Å². The number of rotatable bonds is 5. The Balaban J connectivity index is 2.14. The highest BCUT2D eigenvalue weighted by Gasteiger charge is 2.14. The smallest absolute Gasteiger partial charge is 0.137 e. The van der Waals surface area contributed by atoms with Gasteiger partial charge in [-0.15, -0.1) is 0 Å². The number of ether oxygens (including phenoxy) is 1. The van der Waals surface area contributed by atoms with E-state index in [0.29, 0.717) is 0 Å². The first-order chi connectivity index (χ1) is 9.93. The minimum Gasteiger partial charge on any atom is -0.495 e. The van der Waals surface area contributed by atoms with Crippen LogP contribution in [0.25, 0.3) is 0 Å². The number of aromatic nitrogens is 2. The lowest BCUT2D eigenvalue weighted by atomic mass is 10.1. The van der Waals surface area contributed by atoms with E-state index in [2.05, 4.69) is 62.2 Å². The number of benzene rings is 1. The monoisotopic (exact) mass is 415 g/mol. The molecule has 0 aliphatic heterocycles. The van der Waals surface area contributed by atoms with Gasteiger partial charge in [-0.3, -0.25) is 4.68 Å². The number of hydrogen-bond donors (Lipinski definition) is 1. The van der Waals surface area contributed by atoms with Gasteiger partial charge < -0.3 is 10.1 Å². The molecule has 0 saturated carbocycles. The van der Waals surface area contributed by atoms with Crippen molar-refractivity contribution in [1.82, 2.24) is 15.1 Å². The van der Waals surface area contributed by atoms with Crippen LogP contribution in [0.2, 0.25) is 0 Å². The Labute approximate surface area is 142 Å². The highest BCUT2D eigenvalue weighted by atomic mass is 79.9. The van der Waals surface area contributed by atoms with E-state index < -0.39 is 0 Å². The lowest BCUT2D eigenvalue weighted by Gasteiger charge is -2.16. The normalized spacial score (nSPS) is 12.5. The summed E-state index contributed by atoms with van der Waals surface area (Å²) >= 11 is 7.05. The van der Waals surface area contributed by atoms with E-state index in [1.54, 1.807) is 7.11 Å². The fourth-order valence-corrected chi connectivity index (χ4v) is 3.76. The van der Waals surface area contributed by atoms with E-state index in [9.17, 15) is 0 Å². The fourth-order valence-electron chi connectivity index (χ4n) is 2.29. The van der Waals surface area contributed by atoms with Gasteiger partial charge in [0.1, 0.15) is 5.75 Å². The van der Waals surface area contributed by atoms with Crippen LogP contribution in [0.1, 0.15) is 29.8 Å². The van der Waals surface area contributed by atoms with E-state index in [0.717, 1.165) is 26.8 Å². The van der Waals surface area contributed by atoms with Crippen LogP contribution in [-0.2, 0) is 13.6 Å². The van der Waals surface area contributed by atoms with Crippen molar-refractivity contribution in [3.63, 3.8) is 0 Å². The first kappa shape index (κ1) is 16.5. The zero-order valence-electron chi connectivity index (χ0n) is 12.6. The average molecular weight is 417 g/mol. The van der Waals surface area contributed by atoms with Crippen molar-refractivity contribution in [3.8, 4) is 5.75 Å². The molecule has 1 heterocycles. The molecule has 0 bridgehead atoms. The molecule has 0 aliphatic rings. The number of methoxy groups -OCH3 is 1. The number of aryl methyl sites for hydroxylation is 1. The largest absolute Gasteiger partial charge is 0.495 e. The molecule has 114 valence electrons. The van der Waals surface area contributed by atoms with Crippen LogP contribution >= 0.6 is 31.9 Å². The standard InChI is InChI=1S/C15H19Br2N3O/c1-9(13-8-19-20(3)10(13)2)18-7-11-5-12(16)6-14(17)15(11)21-4/h5-6,8-9,18H,7H2,1-4H3/t9-/m0/s1. The van der Waals surface area contributed by atoms with Gasteiger partial charge in [-0.25, -0.2) is 0 Å². The summed E-state index contributed by atoms with van der Waals surface area (Å²) in [6, 6.07) is 4.28. The summed E-state index contributed by atoms with van der Waals surface area (Å²) in [5, 5.41) is 7.81. The van der Waals surface area contributed by atoms with E-state index in [4.69, 9.17) is 4.74 Å². The van der Waals surface area contributed by atoms with Crippen molar-refractivity contribution < 1.29 is 4.74 Å². The molecule has 0 spiro atoms. The molecule has 6 heteroatoms. The summed E-state index contributed by atoms with van der Waals surface area (Å²) < 4.78 is 9.34. The van der Waals surface area contributed by atoms with E-state index in [1.165, 1.54) is 11.3 Å². The maximum absolute atomic E-state index is 5.47. The summed E-state index contributed by atoms with van der Waals surface area (Å²) in [6.07, 6.45) is 1.92. The van der Waals surface area contributed by atoms with Gasteiger partial charge in [0.25, 0.3) is 0 Å². The average Bonchev–Trinajstić information content (AvgIpc) is 2.76. The molecule has 1 N–H and O–H groups in total. The molecule has 0 fully saturated rings. The molecule has 0 unspecified atom stereocenters. The Kier molecular flexibility index (Phi) is 5.46. The van der Waals surface area contributed by atoms with Crippen molar-refractivity contribution in [2.75, 3.05) is 7.11 Å². The second kappa shape index (κ2) is 6.94. The lowest BCUT2D eigenvalue weighted by molar-refractivity contribution is 0.403. The molecule has 1 aromatic heterocycles. The van der Waals surface area contributed by atoms with Crippen LogP contribution in [0, 0.1) is 6.92 Å². The molecule has 4 nitrogen and oxygen atoms in total. The minimum absolute atomic E-state index is 0.223. The van der Waals surface area contributed by atoms with Crippen LogP contribution in [0.15, 0.2) is 27.3 Å². The first-order valence-electron chi connectivity index (χ1n) is 6.67. The Morgan fingerprint density at radius 3 is 2.67 bits per heavy atom. The van der Waals surface area contributed by atoms with Gasteiger partial charge in [0.2, 0.25) is 0 Å². The van der Waals surface area contributed by atoms with E-state index in [1.807, 2.05) is 24.0 Å². The Morgan fingerprint density at radius 1 is 1.38 bits per heavy atom. The van der Waals surface area contributed by atoms with Gasteiger partial charge in [0.05, 0.1) is 17.8 Å². The van der Waals surface area contributed by atoms with Gasteiger partial charge in [-0.2, -0.15) is 5.10 Å². The van der Waals surface area contributed by atoms with Gasteiger partial charge in [-0.1, -0.05) is 15.9 Å². The predicted octanol–water partition coefficient (Wildman–Crippen LogP) is 4.11. The summed E-state index contributed by atoms with van der Waals surface area (Å²) in [7, 11) is 3.65. The van der Waals surface area contributed by atoms with Crippen molar-refractivity contribution in [2.24, 2.45) is 7.05 Å². The predicted molar refractivity (Wildman–Crippen MR) is 91.6 cm³/mol. The third-order valence-corrected chi connectivity index (χ3v) is 4.67. The quantitative estimate of drug-likeness (QED) is 0.796. The third-order valence-electron chi connectivity index (χ3n) is 3.63. The van der Waals surface area contributed by atoms with Gasteiger partial charge in [0, 0.05) is 40.9 Å². The second-order valence-electron chi connectivity index (χ2n) is 4.99. The van der Waals surface area contributed by atoms with Crippen LogP contribution in [0.3, 0.4) is 0 Å². The van der Waals surface area contributed by atoms with E-state index >= 15 is 0 Å². The van der Waals surface area contributed by atoms with Gasteiger partial charge >= 0.3 is 0 Å². The molecule has 2 aromatic rings. The summed E-state index contributed by atoms with van der Waals surface area (Å²) in [5.41, 5.74) is 3.50. The molecule has 0 aliphatic carbocycles. The van der Waals surface area contributed by atoms with Gasteiger partial charge in [-0.05, 0) is 41.9 Å². The number of hydrogen-bond acceptors (Lipinski definition) is 3. The van der Waals surface area contributed by atoms with Crippen molar-refractivity contribution in [3.05, 3.63) is 44.1 Å². The first-order valence-corrected chi connectivity index (χ1v) is 8.26. The van der Waals surface area contributed by atoms with Crippen molar-refractivity contribution in [2.45, 2.75) is 26.4 Å². The van der Waals surface area contributed by atoms with Gasteiger partial charge in [0.15, 0.2) is 0 Å². The van der Waals surface area contributed by atoms with Crippen LogP contribution in [0.4, 0.5) is 0 Å². The molecular weight excluding hydrogens is 398 g/mol.